The van der Waals surface area contributed by atoms with Crippen LogP contribution < -0.4 is 10.1 Å². The third-order valence-corrected chi connectivity index (χ3v) is 5.97. The number of benzene rings is 1. The minimum atomic E-state index is -0.388. The first-order valence-electron chi connectivity index (χ1n) is 11.9. The summed E-state index contributed by atoms with van der Waals surface area (Å²) in [6, 6.07) is 7.59. The first-order valence-corrected chi connectivity index (χ1v) is 11.9. The summed E-state index contributed by atoms with van der Waals surface area (Å²) in [7, 11) is 0. The lowest BCUT2D eigenvalue weighted by Gasteiger charge is -2.34. The second-order valence-corrected chi connectivity index (χ2v) is 8.57. The zero-order valence-corrected chi connectivity index (χ0v) is 18.6. The van der Waals surface area contributed by atoms with E-state index in [0.717, 1.165) is 52.1 Å². The van der Waals surface area contributed by atoms with Crippen LogP contribution >= 0.6 is 0 Å². The number of rotatable bonds is 10. The summed E-state index contributed by atoms with van der Waals surface area (Å²) in [5.41, 5.74) is 0.674. The normalized spacial score (nSPS) is 18.3. The van der Waals surface area contributed by atoms with Crippen LogP contribution in [-0.2, 0) is 4.74 Å². The molecule has 168 valence electrons. The largest absolute Gasteiger partial charge is 0.491 e. The van der Waals surface area contributed by atoms with Crippen LogP contribution in [0.2, 0.25) is 0 Å². The fourth-order valence-corrected chi connectivity index (χ4v) is 4.31. The van der Waals surface area contributed by atoms with Crippen molar-refractivity contribution >= 4 is 11.8 Å². The Morgan fingerprint density at radius 2 is 1.57 bits per heavy atom. The lowest BCUT2D eigenvalue weighted by molar-refractivity contribution is 0.0438. The smallest absolute Gasteiger partial charge is 0.412 e. The summed E-state index contributed by atoms with van der Waals surface area (Å²) in [5, 5.41) is 2.92. The Morgan fingerprint density at radius 1 is 0.967 bits per heavy atom. The average Bonchev–Trinajstić information content (AvgIpc) is 2.76. The van der Waals surface area contributed by atoms with Crippen LogP contribution in [0.4, 0.5) is 10.5 Å². The number of piperidine rings is 2. The number of para-hydroxylation sites is 2. The number of amides is 1. The van der Waals surface area contributed by atoms with E-state index in [9.17, 15) is 4.79 Å². The van der Waals surface area contributed by atoms with Crippen molar-refractivity contribution in [2.24, 2.45) is 0 Å². The Balaban J connectivity index is 1.57. The number of carbonyl (C=O) groups excluding carboxylic acids is 1. The molecule has 2 aliphatic heterocycles. The predicted molar refractivity (Wildman–Crippen MR) is 121 cm³/mol. The Labute approximate surface area is 181 Å². The maximum absolute atomic E-state index is 12.8. The van der Waals surface area contributed by atoms with Gasteiger partial charge < -0.3 is 9.47 Å². The number of unbranched alkanes of at least 4 members (excludes halogenated alkanes) is 1. The molecule has 0 aromatic heterocycles. The average molecular weight is 418 g/mol. The van der Waals surface area contributed by atoms with E-state index in [1.807, 2.05) is 24.3 Å². The number of hydrogen-bond acceptors (Lipinski definition) is 5. The molecule has 0 aliphatic carbocycles. The van der Waals surface area contributed by atoms with Gasteiger partial charge in [0.1, 0.15) is 11.9 Å². The third kappa shape index (κ3) is 7.80. The van der Waals surface area contributed by atoms with E-state index in [0.29, 0.717) is 18.0 Å². The van der Waals surface area contributed by atoms with E-state index in [2.05, 4.69) is 22.0 Å². The van der Waals surface area contributed by atoms with Gasteiger partial charge >= 0.3 is 6.09 Å². The SMILES string of the molecule is CCCCOc1ccccc1NC(=O)OC(CN1CCCCC1)CN1CCCCC1. The lowest BCUT2D eigenvalue weighted by atomic mass is 10.1. The van der Waals surface area contributed by atoms with Crippen LogP contribution in [0, 0.1) is 0 Å². The summed E-state index contributed by atoms with van der Waals surface area (Å²) in [5.74, 6) is 0.700. The number of carbonyl (C=O) groups is 1. The molecule has 30 heavy (non-hydrogen) atoms. The van der Waals surface area contributed by atoms with Crippen molar-refractivity contribution in [3.8, 4) is 5.75 Å². The highest BCUT2D eigenvalue weighted by atomic mass is 16.6. The Kier molecular flexibility index (Phi) is 9.77. The Morgan fingerprint density at radius 3 is 2.17 bits per heavy atom. The number of likely N-dealkylation sites (tertiary alicyclic amines) is 2. The molecule has 0 unspecified atom stereocenters. The topological polar surface area (TPSA) is 54.0 Å². The molecule has 1 N–H and O–H groups in total. The minimum absolute atomic E-state index is 0.116. The molecule has 2 heterocycles. The van der Waals surface area contributed by atoms with Gasteiger partial charge in [0.15, 0.2) is 0 Å². The second kappa shape index (κ2) is 12.8. The summed E-state index contributed by atoms with van der Waals surface area (Å²) in [4.78, 5) is 17.7. The van der Waals surface area contributed by atoms with E-state index in [1.165, 1.54) is 38.5 Å². The number of anilines is 1. The van der Waals surface area contributed by atoms with Gasteiger partial charge in [0.05, 0.1) is 12.3 Å². The van der Waals surface area contributed by atoms with Crippen molar-refractivity contribution in [1.29, 1.82) is 0 Å². The Hall–Kier alpha value is -1.79. The van der Waals surface area contributed by atoms with Crippen LogP contribution in [0.3, 0.4) is 0 Å². The predicted octanol–water partition coefficient (Wildman–Crippen LogP) is 4.75. The van der Waals surface area contributed by atoms with E-state index >= 15 is 0 Å². The highest BCUT2D eigenvalue weighted by Gasteiger charge is 2.24. The van der Waals surface area contributed by atoms with Gasteiger partial charge in [-0.1, -0.05) is 38.3 Å². The van der Waals surface area contributed by atoms with Gasteiger partial charge in [-0.15, -0.1) is 0 Å². The van der Waals surface area contributed by atoms with Crippen LogP contribution in [0.5, 0.6) is 5.75 Å². The van der Waals surface area contributed by atoms with Crippen molar-refractivity contribution in [2.45, 2.75) is 64.4 Å². The molecule has 1 amide bonds. The fourth-order valence-electron chi connectivity index (χ4n) is 4.31. The van der Waals surface area contributed by atoms with Gasteiger partial charge in [-0.3, -0.25) is 15.1 Å². The zero-order valence-electron chi connectivity index (χ0n) is 18.6. The quantitative estimate of drug-likeness (QED) is 0.557. The van der Waals surface area contributed by atoms with Crippen LogP contribution in [0.15, 0.2) is 24.3 Å². The van der Waals surface area contributed by atoms with Crippen molar-refractivity contribution in [3.05, 3.63) is 24.3 Å². The molecule has 0 spiro atoms. The highest BCUT2D eigenvalue weighted by molar-refractivity contribution is 5.86. The molecule has 2 saturated heterocycles. The molecule has 6 nitrogen and oxygen atoms in total. The minimum Gasteiger partial charge on any atom is -0.491 e. The number of hydrogen-bond donors (Lipinski definition) is 1. The third-order valence-electron chi connectivity index (χ3n) is 5.97. The molecule has 1 aromatic rings. The second-order valence-electron chi connectivity index (χ2n) is 8.57. The van der Waals surface area contributed by atoms with Gasteiger partial charge in [0.2, 0.25) is 0 Å². The molecule has 0 radical (unpaired) electrons. The van der Waals surface area contributed by atoms with E-state index in [-0.39, 0.29) is 12.2 Å². The van der Waals surface area contributed by atoms with Crippen LogP contribution in [-0.4, -0.2) is 67.9 Å². The molecule has 0 atom stereocenters. The summed E-state index contributed by atoms with van der Waals surface area (Å²) in [6.07, 6.45) is 9.15. The van der Waals surface area contributed by atoms with Crippen LogP contribution in [0.1, 0.15) is 58.3 Å². The molecule has 2 aliphatic rings. The first kappa shape index (κ1) is 22.9. The first-order chi connectivity index (χ1) is 14.7. The van der Waals surface area contributed by atoms with Gasteiger partial charge in [0, 0.05) is 13.1 Å². The molecule has 6 heteroatoms. The lowest BCUT2D eigenvalue weighted by Crippen LogP contribution is -2.46. The fraction of sp³-hybridized carbons (Fsp3) is 0.708. The van der Waals surface area contributed by atoms with E-state index < -0.39 is 0 Å². The Bertz CT molecular complexity index is 608. The van der Waals surface area contributed by atoms with Crippen molar-refractivity contribution in [1.82, 2.24) is 9.80 Å². The molecule has 0 bridgehead atoms. The van der Waals surface area contributed by atoms with E-state index in [1.54, 1.807) is 0 Å². The summed E-state index contributed by atoms with van der Waals surface area (Å²) < 4.78 is 11.8. The maximum atomic E-state index is 12.8. The monoisotopic (exact) mass is 417 g/mol. The standard InChI is InChI=1S/C24H39N3O3/c1-2-3-18-29-23-13-7-6-12-22(23)25-24(28)30-21(19-26-14-8-4-9-15-26)20-27-16-10-5-11-17-27/h6-7,12-13,21H,2-5,8-11,14-20H2,1H3,(H,25,28). The zero-order chi connectivity index (χ0) is 21.0. The van der Waals surface area contributed by atoms with Crippen molar-refractivity contribution in [2.75, 3.05) is 51.2 Å². The highest BCUT2D eigenvalue weighted by Crippen LogP contribution is 2.24. The number of nitrogens with zero attached hydrogens (tertiary/aromatic N) is 2. The van der Waals surface area contributed by atoms with Gasteiger partial charge in [-0.2, -0.15) is 0 Å². The van der Waals surface area contributed by atoms with Crippen LogP contribution in [0.25, 0.3) is 0 Å². The molecule has 0 saturated carbocycles. The number of ether oxygens (including phenoxy) is 2. The van der Waals surface area contributed by atoms with Crippen molar-refractivity contribution in [3.63, 3.8) is 0 Å². The van der Waals surface area contributed by atoms with E-state index in [4.69, 9.17) is 9.47 Å². The number of nitrogens with one attached hydrogen (secondary N) is 1. The van der Waals surface area contributed by atoms with Gasteiger partial charge in [-0.25, -0.2) is 4.79 Å². The molecule has 2 fully saturated rings. The van der Waals surface area contributed by atoms with Crippen molar-refractivity contribution < 1.29 is 14.3 Å². The molecule has 1 aromatic carbocycles. The molecule has 3 rings (SSSR count). The molecular formula is C24H39N3O3. The van der Waals surface area contributed by atoms with Gasteiger partial charge in [-0.05, 0) is 70.4 Å². The molecular weight excluding hydrogens is 378 g/mol. The van der Waals surface area contributed by atoms with Gasteiger partial charge in [0.25, 0.3) is 0 Å². The summed E-state index contributed by atoms with van der Waals surface area (Å²) in [6.45, 7) is 8.85. The summed E-state index contributed by atoms with van der Waals surface area (Å²) >= 11 is 0. The maximum Gasteiger partial charge on any atom is 0.412 e.